The van der Waals surface area contributed by atoms with E-state index in [9.17, 15) is 9.59 Å². The number of aromatic nitrogens is 2. The Morgan fingerprint density at radius 1 is 1.03 bits per heavy atom. The monoisotopic (exact) mass is 450 g/mol. The van der Waals surface area contributed by atoms with Gasteiger partial charge in [0.2, 0.25) is 0 Å². The lowest BCUT2D eigenvalue weighted by Gasteiger charge is -2.26. The molecule has 2 amide bonds. The first-order valence-corrected chi connectivity index (χ1v) is 10.7. The molecule has 3 aromatic rings. The fourth-order valence-corrected chi connectivity index (χ4v) is 3.50. The van der Waals surface area contributed by atoms with E-state index in [2.05, 4.69) is 10.1 Å². The molecule has 1 saturated heterocycles. The van der Waals surface area contributed by atoms with Gasteiger partial charge in [-0.25, -0.2) is 0 Å². The lowest BCUT2D eigenvalue weighted by molar-refractivity contribution is 0.0303. The Morgan fingerprint density at radius 2 is 1.70 bits per heavy atom. The zero-order chi connectivity index (χ0) is 23.2. The number of ether oxygens (including phenoxy) is 2. The second-order valence-corrected chi connectivity index (χ2v) is 7.70. The van der Waals surface area contributed by atoms with E-state index in [0.29, 0.717) is 67.9 Å². The molecule has 33 heavy (non-hydrogen) atoms. The smallest absolute Gasteiger partial charge is 0.257 e. The average molecular weight is 450 g/mol. The number of morpholine rings is 1. The SMILES string of the molecule is COc1ccc(C(=O)N(C)CCc2noc(-c3ccc(C(=O)N4CCOCC4)cc3)n2)cc1. The predicted molar refractivity (Wildman–Crippen MR) is 120 cm³/mol. The molecule has 0 saturated carbocycles. The third-order valence-corrected chi connectivity index (χ3v) is 5.50. The van der Waals surface area contributed by atoms with Crippen LogP contribution in [0.15, 0.2) is 53.1 Å². The Hall–Kier alpha value is -3.72. The van der Waals surface area contributed by atoms with Crippen molar-refractivity contribution in [3.05, 3.63) is 65.5 Å². The number of nitrogens with zero attached hydrogens (tertiary/aromatic N) is 4. The van der Waals surface area contributed by atoms with Gasteiger partial charge in [-0.2, -0.15) is 4.98 Å². The molecule has 2 aromatic carbocycles. The van der Waals surface area contributed by atoms with E-state index in [1.165, 1.54) is 0 Å². The zero-order valence-electron chi connectivity index (χ0n) is 18.7. The van der Waals surface area contributed by atoms with E-state index in [4.69, 9.17) is 14.0 Å². The second kappa shape index (κ2) is 10.3. The maximum absolute atomic E-state index is 12.6. The number of carbonyl (C=O) groups is 2. The molecular weight excluding hydrogens is 424 g/mol. The Bertz CT molecular complexity index is 1090. The van der Waals surface area contributed by atoms with E-state index < -0.39 is 0 Å². The molecule has 172 valence electrons. The van der Waals surface area contributed by atoms with Crippen molar-refractivity contribution in [2.45, 2.75) is 6.42 Å². The summed E-state index contributed by atoms with van der Waals surface area (Å²) in [6.45, 7) is 2.77. The van der Waals surface area contributed by atoms with E-state index in [-0.39, 0.29) is 11.8 Å². The second-order valence-electron chi connectivity index (χ2n) is 7.70. The van der Waals surface area contributed by atoms with Crippen molar-refractivity contribution in [3.63, 3.8) is 0 Å². The Kier molecular flexibility index (Phi) is 6.99. The van der Waals surface area contributed by atoms with Crippen molar-refractivity contribution < 1.29 is 23.6 Å². The highest BCUT2D eigenvalue weighted by atomic mass is 16.5. The first-order chi connectivity index (χ1) is 16.0. The fourth-order valence-electron chi connectivity index (χ4n) is 3.50. The van der Waals surface area contributed by atoms with Crippen LogP contribution in [0.25, 0.3) is 11.5 Å². The van der Waals surface area contributed by atoms with Crippen LogP contribution in [0.4, 0.5) is 0 Å². The van der Waals surface area contributed by atoms with Crippen molar-refractivity contribution in [3.8, 4) is 17.2 Å². The highest BCUT2D eigenvalue weighted by Gasteiger charge is 2.19. The first kappa shape index (κ1) is 22.5. The maximum Gasteiger partial charge on any atom is 0.257 e. The summed E-state index contributed by atoms with van der Waals surface area (Å²) in [5.41, 5.74) is 1.92. The molecule has 0 radical (unpaired) electrons. The number of amides is 2. The summed E-state index contributed by atoms with van der Waals surface area (Å²) in [7, 11) is 3.32. The molecule has 9 nitrogen and oxygen atoms in total. The summed E-state index contributed by atoms with van der Waals surface area (Å²) < 4.78 is 15.8. The third kappa shape index (κ3) is 5.38. The first-order valence-electron chi connectivity index (χ1n) is 10.7. The van der Waals surface area contributed by atoms with Crippen LogP contribution >= 0.6 is 0 Å². The summed E-state index contributed by atoms with van der Waals surface area (Å²) in [6.07, 6.45) is 0.454. The van der Waals surface area contributed by atoms with Crippen molar-refractivity contribution in [2.75, 3.05) is 47.0 Å². The Balaban J connectivity index is 1.33. The van der Waals surface area contributed by atoms with Crippen LogP contribution < -0.4 is 4.74 Å². The van der Waals surface area contributed by atoms with Gasteiger partial charge in [-0.15, -0.1) is 0 Å². The van der Waals surface area contributed by atoms with Crippen LogP contribution in [0.1, 0.15) is 26.5 Å². The van der Waals surface area contributed by atoms with Gasteiger partial charge in [0.1, 0.15) is 5.75 Å². The maximum atomic E-state index is 12.6. The minimum absolute atomic E-state index is 0.0133. The molecule has 0 N–H and O–H groups in total. The van der Waals surface area contributed by atoms with E-state index >= 15 is 0 Å². The highest BCUT2D eigenvalue weighted by Crippen LogP contribution is 2.19. The number of benzene rings is 2. The summed E-state index contributed by atoms with van der Waals surface area (Å²) in [4.78, 5) is 33.0. The molecule has 1 aliphatic rings. The van der Waals surface area contributed by atoms with E-state index in [1.54, 1.807) is 72.5 Å². The molecule has 0 unspecified atom stereocenters. The predicted octanol–water partition coefficient (Wildman–Crippen LogP) is 2.53. The van der Waals surface area contributed by atoms with Gasteiger partial charge in [-0.3, -0.25) is 9.59 Å². The topological polar surface area (TPSA) is 98.0 Å². The van der Waals surface area contributed by atoms with E-state index in [1.807, 2.05) is 0 Å². The van der Waals surface area contributed by atoms with Gasteiger partial charge >= 0.3 is 0 Å². The van der Waals surface area contributed by atoms with Crippen molar-refractivity contribution in [2.24, 2.45) is 0 Å². The molecule has 0 aliphatic carbocycles. The van der Waals surface area contributed by atoms with Gasteiger partial charge in [0.15, 0.2) is 5.82 Å². The minimum atomic E-state index is -0.0955. The molecular formula is C24H26N4O5. The van der Waals surface area contributed by atoms with Crippen LogP contribution in [0.3, 0.4) is 0 Å². The van der Waals surface area contributed by atoms with E-state index in [0.717, 1.165) is 5.56 Å². The number of carbonyl (C=O) groups excluding carboxylic acids is 2. The molecule has 2 heterocycles. The zero-order valence-corrected chi connectivity index (χ0v) is 18.7. The number of methoxy groups -OCH3 is 1. The Labute approximate surface area is 191 Å². The molecule has 1 fully saturated rings. The molecule has 0 atom stereocenters. The number of likely N-dealkylation sites (N-methyl/N-ethyl adjacent to an activating group) is 1. The standard InChI is InChI=1S/C24H26N4O5/c1-27(23(29)18-7-9-20(31-2)10-8-18)12-11-21-25-22(33-26-21)17-3-5-19(6-4-17)24(30)28-13-15-32-16-14-28/h3-10H,11-16H2,1-2H3. The summed E-state index contributed by atoms with van der Waals surface area (Å²) in [5, 5.41) is 4.02. The summed E-state index contributed by atoms with van der Waals surface area (Å²) in [5.74, 6) is 1.47. The minimum Gasteiger partial charge on any atom is -0.497 e. The number of rotatable bonds is 7. The number of hydrogen-bond donors (Lipinski definition) is 0. The van der Waals surface area contributed by atoms with Gasteiger partial charge in [0, 0.05) is 49.8 Å². The molecule has 9 heteroatoms. The van der Waals surface area contributed by atoms with Gasteiger partial charge in [0.05, 0.1) is 20.3 Å². The fraction of sp³-hybridized carbons (Fsp3) is 0.333. The normalized spacial score (nSPS) is 13.6. The van der Waals surface area contributed by atoms with Gasteiger partial charge < -0.3 is 23.8 Å². The van der Waals surface area contributed by atoms with Crippen molar-refractivity contribution >= 4 is 11.8 Å². The molecule has 4 rings (SSSR count). The molecule has 0 spiro atoms. The van der Waals surface area contributed by atoms with Crippen LogP contribution in [-0.4, -0.2) is 78.8 Å². The van der Waals surface area contributed by atoms with Crippen LogP contribution in [0, 0.1) is 0 Å². The molecule has 0 bridgehead atoms. The third-order valence-electron chi connectivity index (χ3n) is 5.50. The molecule has 1 aromatic heterocycles. The van der Waals surface area contributed by atoms with Crippen LogP contribution in [-0.2, 0) is 11.2 Å². The quantitative estimate of drug-likeness (QED) is 0.546. The number of hydrogen-bond acceptors (Lipinski definition) is 7. The summed E-state index contributed by atoms with van der Waals surface area (Å²) in [6, 6.07) is 14.1. The largest absolute Gasteiger partial charge is 0.497 e. The molecule has 1 aliphatic heterocycles. The Morgan fingerprint density at radius 3 is 2.36 bits per heavy atom. The van der Waals surface area contributed by atoms with Crippen LogP contribution in [0.5, 0.6) is 5.75 Å². The van der Waals surface area contributed by atoms with Gasteiger partial charge in [-0.1, -0.05) is 5.16 Å². The van der Waals surface area contributed by atoms with Gasteiger partial charge in [0.25, 0.3) is 17.7 Å². The van der Waals surface area contributed by atoms with Crippen molar-refractivity contribution in [1.82, 2.24) is 19.9 Å². The summed E-state index contributed by atoms with van der Waals surface area (Å²) >= 11 is 0. The highest BCUT2D eigenvalue weighted by molar-refractivity contribution is 5.95. The van der Waals surface area contributed by atoms with Crippen LogP contribution in [0.2, 0.25) is 0 Å². The van der Waals surface area contributed by atoms with Gasteiger partial charge in [-0.05, 0) is 48.5 Å². The average Bonchev–Trinajstić information content (AvgIpc) is 3.36. The lowest BCUT2D eigenvalue weighted by Crippen LogP contribution is -2.40. The lowest BCUT2D eigenvalue weighted by atomic mass is 10.1. The van der Waals surface area contributed by atoms with Crippen molar-refractivity contribution in [1.29, 1.82) is 0 Å².